The summed E-state index contributed by atoms with van der Waals surface area (Å²) in [6.07, 6.45) is 4.12. The zero-order chi connectivity index (χ0) is 30.3. The lowest BCUT2D eigenvalue weighted by molar-refractivity contribution is 0.544. The Kier molecular flexibility index (Phi) is 7.87. The van der Waals surface area contributed by atoms with Crippen LogP contribution in [0, 0.1) is 11.6 Å². The molecule has 0 aliphatic heterocycles. The number of sulfone groups is 1. The normalized spacial score (nSPS) is 11.9. The van der Waals surface area contributed by atoms with E-state index in [0.717, 1.165) is 21.5 Å². The Hall–Kier alpha value is -4.15. The lowest BCUT2D eigenvalue weighted by Gasteiger charge is -2.16. The summed E-state index contributed by atoms with van der Waals surface area (Å²) in [7, 11) is -1.61. The largest absolute Gasteiger partial charge is 0.355 e. The van der Waals surface area contributed by atoms with Crippen LogP contribution in [0.3, 0.4) is 0 Å². The topological polar surface area (TPSA) is 152 Å². The summed E-state index contributed by atoms with van der Waals surface area (Å²) < 4.78 is 56.2. The molecule has 5 aromatic rings. The average molecular weight is 640 g/mol. The number of nitrogens with one attached hydrogen (secondary N) is 1. The van der Waals surface area contributed by atoms with Crippen LogP contribution < -0.4 is 16.7 Å². The van der Waals surface area contributed by atoms with Gasteiger partial charge >= 0.3 is 11.4 Å². The molecule has 3 aromatic heterocycles. The molecule has 0 aliphatic carbocycles. The molecule has 0 aliphatic rings. The average Bonchev–Trinajstić information content (AvgIpc) is 3.50. The standard InChI is InChI=1S/C24H21Cl2F2N9O4S/c1-34-12-29-21(33-34)11-37-23(38)31-22(36(24(37)39)10-13-5-15(25)18(28)8-17(13)27)30-20-6-14-9-35(3-4-42(2,40)41)32-19(14)7-16(20)26/h5-9,12H,3-4,10-11H2,1-2H3,(H,30,31,38). The fraction of sp³-hybridized carbons (Fsp3) is 0.250. The fourth-order valence-corrected chi connectivity index (χ4v) is 4.95. The fourth-order valence-electron chi connectivity index (χ4n) is 4.04. The van der Waals surface area contributed by atoms with Crippen molar-refractivity contribution in [1.82, 2.24) is 38.7 Å². The zero-order valence-corrected chi connectivity index (χ0v) is 24.3. The van der Waals surface area contributed by atoms with E-state index >= 15 is 0 Å². The molecule has 18 heteroatoms. The number of rotatable bonds is 9. The van der Waals surface area contributed by atoms with Crippen molar-refractivity contribution >= 4 is 55.6 Å². The van der Waals surface area contributed by atoms with Gasteiger partial charge in [-0.15, -0.1) is 0 Å². The van der Waals surface area contributed by atoms with Crippen LogP contribution in [0.25, 0.3) is 10.9 Å². The van der Waals surface area contributed by atoms with Crippen LogP contribution in [0.15, 0.2) is 46.4 Å². The molecule has 0 atom stereocenters. The number of benzene rings is 2. The van der Waals surface area contributed by atoms with Crippen molar-refractivity contribution in [3.05, 3.63) is 90.8 Å². The van der Waals surface area contributed by atoms with Crippen LogP contribution in [-0.2, 0) is 36.5 Å². The third kappa shape index (κ3) is 6.34. The van der Waals surface area contributed by atoms with Crippen molar-refractivity contribution in [2.24, 2.45) is 7.05 Å². The zero-order valence-electron chi connectivity index (χ0n) is 21.9. The van der Waals surface area contributed by atoms with Crippen molar-refractivity contribution < 1.29 is 17.2 Å². The van der Waals surface area contributed by atoms with Gasteiger partial charge in [-0.05, 0) is 18.2 Å². The van der Waals surface area contributed by atoms with Crippen molar-refractivity contribution in [3.8, 4) is 0 Å². The second-order valence-corrected chi connectivity index (χ2v) is 12.5. The third-order valence-electron chi connectivity index (χ3n) is 6.09. The molecule has 0 fully saturated rings. The highest BCUT2D eigenvalue weighted by Crippen LogP contribution is 2.30. The quantitative estimate of drug-likeness (QED) is 0.240. The van der Waals surface area contributed by atoms with Gasteiger partial charge in [-0.1, -0.05) is 23.2 Å². The van der Waals surface area contributed by atoms with Crippen LogP contribution in [0.2, 0.25) is 10.0 Å². The van der Waals surface area contributed by atoms with Gasteiger partial charge in [0.2, 0.25) is 5.95 Å². The molecule has 0 spiro atoms. The predicted octanol–water partition coefficient (Wildman–Crippen LogP) is 2.35. The maximum atomic E-state index is 14.7. The lowest BCUT2D eigenvalue weighted by Crippen LogP contribution is -2.43. The molecule has 0 amide bonds. The molecule has 0 radical (unpaired) electrons. The van der Waals surface area contributed by atoms with Gasteiger partial charge in [-0.2, -0.15) is 15.2 Å². The van der Waals surface area contributed by atoms with Crippen molar-refractivity contribution in [3.63, 3.8) is 0 Å². The van der Waals surface area contributed by atoms with Crippen LogP contribution in [0.1, 0.15) is 11.4 Å². The minimum atomic E-state index is -3.22. The van der Waals surface area contributed by atoms with Gasteiger partial charge in [0.15, 0.2) is 5.82 Å². The van der Waals surface area contributed by atoms with Gasteiger partial charge in [-0.25, -0.2) is 36.3 Å². The van der Waals surface area contributed by atoms with E-state index < -0.39 is 39.4 Å². The Morgan fingerprint density at radius 3 is 2.43 bits per heavy atom. The van der Waals surface area contributed by atoms with E-state index in [1.54, 1.807) is 19.3 Å². The second-order valence-electron chi connectivity index (χ2n) is 9.40. The first-order chi connectivity index (χ1) is 19.8. The molecule has 5 rings (SSSR count). The Morgan fingerprint density at radius 2 is 1.74 bits per heavy atom. The summed E-state index contributed by atoms with van der Waals surface area (Å²) in [4.78, 5) is 34.6. The number of hydrogen-bond acceptors (Lipinski definition) is 9. The number of anilines is 2. The van der Waals surface area contributed by atoms with E-state index in [2.05, 4.69) is 25.5 Å². The van der Waals surface area contributed by atoms with Crippen molar-refractivity contribution in [2.45, 2.75) is 19.6 Å². The SMILES string of the molecule is Cn1cnc(Cn2c(=O)nc(Nc3cc4cn(CCS(C)(=O)=O)nc4cc3Cl)n(Cc3cc(Cl)c(F)cc3F)c2=O)n1. The summed E-state index contributed by atoms with van der Waals surface area (Å²) in [6.45, 7) is -0.693. The van der Waals surface area contributed by atoms with E-state index in [-0.39, 0.29) is 51.9 Å². The maximum absolute atomic E-state index is 14.7. The first-order valence-corrected chi connectivity index (χ1v) is 14.9. The number of hydrogen-bond donors (Lipinski definition) is 1. The Bertz CT molecular complexity index is 2070. The van der Waals surface area contributed by atoms with E-state index in [1.165, 1.54) is 21.8 Å². The van der Waals surface area contributed by atoms with E-state index in [4.69, 9.17) is 23.2 Å². The molecule has 0 unspecified atom stereocenters. The van der Waals surface area contributed by atoms with Crippen molar-refractivity contribution in [1.29, 1.82) is 0 Å². The smallest absolute Gasteiger partial charge is 0.324 e. The molecular weight excluding hydrogens is 619 g/mol. The summed E-state index contributed by atoms with van der Waals surface area (Å²) in [6, 6.07) is 4.69. The van der Waals surface area contributed by atoms with Crippen LogP contribution in [-0.4, -0.2) is 59.1 Å². The van der Waals surface area contributed by atoms with Crippen LogP contribution >= 0.6 is 23.2 Å². The highest BCUT2D eigenvalue weighted by molar-refractivity contribution is 7.90. The van der Waals surface area contributed by atoms with Gasteiger partial charge < -0.3 is 5.32 Å². The number of aryl methyl sites for hydroxylation is 2. The van der Waals surface area contributed by atoms with Crippen LogP contribution in [0.5, 0.6) is 0 Å². The van der Waals surface area contributed by atoms with Gasteiger partial charge in [0.25, 0.3) is 0 Å². The highest BCUT2D eigenvalue weighted by Gasteiger charge is 2.19. The molecule has 42 heavy (non-hydrogen) atoms. The van der Waals surface area contributed by atoms with Gasteiger partial charge in [-0.3, -0.25) is 13.9 Å². The molecule has 220 valence electrons. The lowest BCUT2D eigenvalue weighted by atomic mass is 10.2. The molecule has 13 nitrogen and oxygen atoms in total. The number of fused-ring (bicyclic) bond motifs is 1. The number of aromatic nitrogens is 8. The number of nitrogens with zero attached hydrogens (tertiary/aromatic N) is 8. The molecular formula is C24H21Cl2F2N9O4S. The van der Waals surface area contributed by atoms with E-state index in [0.29, 0.717) is 17.0 Å². The molecule has 1 N–H and O–H groups in total. The summed E-state index contributed by atoms with van der Waals surface area (Å²) in [5.74, 6) is -2.21. The van der Waals surface area contributed by atoms with Crippen molar-refractivity contribution in [2.75, 3.05) is 17.3 Å². The summed E-state index contributed by atoms with van der Waals surface area (Å²) in [5, 5.41) is 11.6. The first kappa shape index (κ1) is 29.3. The Balaban J connectivity index is 1.58. The summed E-state index contributed by atoms with van der Waals surface area (Å²) in [5.41, 5.74) is -1.31. The Morgan fingerprint density at radius 1 is 0.976 bits per heavy atom. The minimum Gasteiger partial charge on any atom is -0.324 e. The van der Waals surface area contributed by atoms with Gasteiger partial charge in [0.05, 0.1) is 46.6 Å². The highest BCUT2D eigenvalue weighted by atomic mass is 35.5. The van der Waals surface area contributed by atoms with Gasteiger partial charge in [0, 0.05) is 36.5 Å². The molecule has 0 saturated carbocycles. The summed E-state index contributed by atoms with van der Waals surface area (Å²) >= 11 is 12.3. The van der Waals surface area contributed by atoms with Crippen LogP contribution in [0.4, 0.5) is 20.4 Å². The van der Waals surface area contributed by atoms with E-state index in [1.807, 2.05) is 0 Å². The minimum absolute atomic E-state index is 0.115. The van der Waals surface area contributed by atoms with E-state index in [9.17, 15) is 26.8 Å². The first-order valence-electron chi connectivity index (χ1n) is 12.1. The molecule has 2 aromatic carbocycles. The monoisotopic (exact) mass is 639 g/mol. The molecule has 3 heterocycles. The number of halogens is 4. The predicted molar refractivity (Wildman–Crippen MR) is 151 cm³/mol. The molecule has 0 bridgehead atoms. The second kappa shape index (κ2) is 11.3. The molecule has 0 saturated heterocycles. The Labute approximate surface area is 245 Å². The maximum Gasteiger partial charge on any atom is 0.355 e. The third-order valence-corrected chi connectivity index (χ3v) is 7.62. The van der Waals surface area contributed by atoms with Gasteiger partial charge in [0.1, 0.15) is 27.8 Å².